The van der Waals surface area contributed by atoms with E-state index >= 15 is 0 Å². The van der Waals surface area contributed by atoms with Crippen molar-refractivity contribution in [1.82, 2.24) is 10.2 Å². The minimum absolute atomic E-state index is 0.313. The van der Waals surface area contributed by atoms with Crippen LogP contribution in [0, 0.1) is 0 Å². The van der Waals surface area contributed by atoms with Crippen LogP contribution in [0.1, 0.15) is 19.8 Å². The van der Waals surface area contributed by atoms with Gasteiger partial charge in [0.05, 0.1) is 24.0 Å². The summed E-state index contributed by atoms with van der Waals surface area (Å²) in [5.74, 6) is 0. The molecule has 0 amide bonds. The molecule has 2 aromatic rings. The monoisotopic (exact) mass is 245 g/mol. The van der Waals surface area contributed by atoms with E-state index in [4.69, 9.17) is 4.74 Å². The van der Waals surface area contributed by atoms with Crippen LogP contribution in [0.2, 0.25) is 0 Å². The number of nitrogens with one attached hydrogen (secondary N) is 1. The first-order valence-electron chi connectivity index (χ1n) is 6.31. The van der Waals surface area contributed by atoms with Crippen molar-refractivity contribution in [3.63, 3.8) is 0 Å². The molecule has 1 aromatic heterocycles. The molecule has 1 heterocycles. The first kappa shape index (κ1) is 12.8. The molecule has 96 valence electrons. The van der Waals surface area contributed by atoms with Gasteiger partial charge in [0.2, 0.25) is 0 Å². The average molecular weight is 245 g/mol. The Balaban J connectivity index is 2.24. The molecule has 0 bridgehead atoms. The molecule has 2 rings (SSSR count). The summed E-state index contributed by atoms with van der Waals surface area (Å²) in [6.45, 7) is 2.87. The number of benzene rings is 1. The Bertz CT molecular complexity index is 490. The topological polar surface area (TPSA) is 47.0 Å². The number of anilines is 1. The van der Waals surface area contributed by atoms with Gasteiger partial charge in [-0.15, -0.1) is 0 Å². The molecule has 1 atom stereocenters. The highest BCUT2D eigenvalue weighted by Crippen LogP contribution is 2.21. The van der Waals surface area contributed by atoms with Crippen LogP contribution in [0.25, 0.3) is 10.9 Å². The van der Waals surface area contributed by atoms with Gasteiger partial charge in [-0.2, -0.15) is 10.2 Å². The first-order valence-corrected chi connectivity index (χ1v) is 6.31. The third-order valence-electron chi connectivity index (χ3n) is 2.91. The van der Waals surface area contributed by atoms with E-state index in [0.29, 0.717) is 12.6 Å². The SMILES string of the molecule is CCCC(COC)Nc1cnnc2ccccc12. The summed E-state index contributed by atoms with van der Waals surface area (Å²) >= 11 is 0. The number of fused-ring (bicyclic) bond motifs is 1. The van der Waals surface area contributed by atoms with Crippen molar-refractivity contribution in [2.24, 2.45) is 0 Å². The smallest absolute Gasteiger partial charge is 0.0950 e. The number of aromatic nitrogens is 2. The quantitative estimate of drug-likeness (QED) is 0.850. The Labute approximate surface area is 107 Å². The zero-order valence-corrected chi connectivity index (χ0v) is 10.9. The lowest BCUT2D eigenvalue weighted by Crippen LogP contribution is -2.24. The van der Waals surface area contributed by atoms with Gasteiger partial charge >= 0.3 is 0 Å². The molecular weight excluding hydrogens is 226 g/mol. The van der Waals surface area contributed by atoms with E-state index in [9.17, 15) is 0 Å². The maximum atomic E-state index is 5.24. The van der Waals surface area contributed by atoms with Crippen molar-refractivity contribution in [1.29, 1.82) is 0 Å². The van der Waals surface area contributed by atoms with Crippen molar-refractivity contribution in [2.75, 3.05) is 19.0 Å². The predicted molar refractivity (Wildman–Crippen MR) is 73.7 cm³/mol. The summed E-state index contributed by atoms with van der Waals surface area (Å²) in [6, 6.07) is 8.33. The first-order chi connectivity index (χ1) is 8.85. The van der Waals surface area contributed by atoms with Gasteiger partial charge in [-0.3, -0.25) is 0 Å². The fourth-order valence-corrected chi connectivity index (χ4v) is 2.09. The number of nitrogens with zero attached hydrogens (tertiary/aromatic N) is 2. The van der Waals surface area contributed by atoms with Crippen molar-refractivity contribution in [3.05, 3.63) is 30.5 Å². The molecule has 0 spiro atoms. The molecule has 1 N–H and O–H groups in total. The maximum Gasteiger partial charge on any atom is 0.0950 e. The van der Waals surface area contributed by atoms with Crippen molar-refractivity contribution in [3.8, 4) is 0 Å². The van der Waals surface area contributed by atoms with E-state index in [-0.39, 0.29) is 0 Å². The molecule has 0 radical (unpaired) electrons. The lowest BCUT2D eigenvalue weighted by atomic mass is 10.1. The molecule has 4 nitrogen and oxygen atoms in total. The number of hydrogen-bond donors (Lipinski definition) is 1. The highest BCUT2D eigenvalue weighted by Gasteiger charge is 2.09. The van der Waals surface area contributed by atoms with Crippen LogP contribution < -0.4 is 5.32 Å². The van der Waals surface area contributed by atoms with Gasteiger partial charge in [0, 0.05) is 18.5 Å². The van der Waals surface area contributed by atoms with Crippen LogP contribution in [0.3, 0.4) is 0 Å². The van der Waals surface area contributed by atoms with E-state index in [1.165, 1.54) is 0 Å². The van der Waals surface area contributed by atoms with E-state index < -0.39 is 0 Å². The number of methoxy groups -OCH3 is 1. The van der Waals surface area contributed by atoms with Gasteiger partial charge in [-0.25, -0.2) is 0 Å². The second-order valence-electron chi connectivity index (χ2n) is 4.36. The Morgan fingerprint density at radius 3 is 2.94 bits per heavy atom. The average Bonchev–Trinajstić information content (AvgIpc) is 2.40. The van der Waals surface area contributed by atoms with Gasteiger partial charge in [-0.1, -0.05) is 31.5 Å². The summed E-state index contributed by atoms with van der Waals surface area (Å²) in [7, 11) is 1.73. The zero-order valence-electron chi connectivity index (χ0n) is 10.9. The van der Waals surface area contributed by atoms with Crippen LogP contribution in [-0.4, -0.2) is 30.0 Å². The highest BCUT2D eigenvalue weighted by molar-refractivity contribution is 5.90. The summed E-state index contributed by atoms with van der Waals surface area (Å²) < 4.78 is 5.24. The molecule has 18 heavy (non-hydrogen) atoms. The van der Waals surface area contributed by atoms with Crippen LogP contribution in [0.5, 0.6) is 0 Å². The minimum Gasteiger partial charge on any atom is -0.383 e. The number of hydrogen-bond acceptors (Lipinski definition) is 4. The third kappa shape index (κ3) is 2.96. The van der Waals surface area contributed by atoms with E-state index in [1.54, 1.807) is 13.3 Å². The summed E-state index contributed by atoms with van der Waals surface area (Å²) in [5, 5.41) is 12.8. The maximum absolute atomic E-state index is 5.24. The lowest BCUT2D eigenvalue weighted by molar-refractivity contribution is 0.182. The molecule has 1 unspecified atom stereocenters. The van der Waals surface area contributed by atoms with Crippen LogP contribution in [-0.2, 0) is 4.74 Å². The Morgan fingerprint density at radius 1 is 1.33 bits per heavy atom. The molecule has 0 aliphatic heterocycles. The molecule has 0 aliphatic rings. The Kier molecular flexibility index (Phi) is 4.47. The largest absolute Gasteiger partial charge is 0.383 e. The van der Waals surface area contributed by atoms with Crippen molar-refractivity contribution in [2.45, 2.75) is 25.8 Å². The van der Waals surface area contributed by atoms with Crippen molar-refractivity contribution >= 4 is 16.6 Å². The lowest BCUT2D eigenvalue weighted by Gasteiger charge is -2.19. The molecule has 0 fully saturated rings. The van der Waals surface area contributed by atoms with E-state index in [2.05, 4.69) is 28.5 Å². The van der Waals surface area contributed by atoms with Crippen LogP contribution in [0.4, 0.5) is 5.69 Å². The second kappa shape index (κ2) is 6.31. The molecule has 0 saturated carbocycles. The molecule has 4 heteroatoms. The van der Waals surface area contributed by atoms with Crippen LogP contribution in [0.15, 0.2) is 30.5 Å². The van der Waals surface area contributed by atoms with Crippen LogP contribution >= 0.6 is 0 Å². The fraction of sp³-hybridized carbons (Fsp3) is 0.429. The zero-order chi connectivity index (χ0) is 12.8. The van der Waals surface area contributed by atoms with Gasteiger partial charge in [0.1, 0.15) is 0 Å². The van der Waals surface area contributed by atoms with Gasteiger partial charge in [-0.05, 0) is 12.5 Å². The Hall–Kier alpha value is -1.68. The summed E-state index contributed by atoms with van der Waals surface area (Å²) in [6.07, 6.45) is 3.97. The highest BCUT2D eigenvalue weighted by atomic mass is 16.5. The molecule has 0 aliphatic carbocycles. The molecular formula is C14H19N3O. The Morgan fingerprint density at radius 2 is 2.17 bits per heavy atom. The predicted octanol–water partition coefficient (Wildman–Crippen LogP) is 2.86. The van der Waals surface area contributed by atoms with Crippen molar-refractivity contribution < 1.29 is 4.74 Å². The molecule has 0 saturated heterocycles. The normalized spacial score (nSPS) is 12.6. The standard InChI is InChI=1S/C14H19N3O/c1-3-6-11(10-18-2)16-14-9-15-17-13-8-5-4-7-12(13)14/h4-5,7-9,11H,3,6,10H2,1-2H3,(H,16,17). The molecule has 1 aromatic carbocycles. The second-order valence-corrected chi connectivity index (χ2v) is 4.36. The fourth-order valence-electron chi connectivity index (χ4n) is 2.09. The van der Waals surface area contributed by atoms with Gasteiger partial charge < -0.3 is 10.1 Å². The summed E-state index contributed by atoms with van der Waals surface area (Å²) in [5.41, 5.74) is 1.94. The van der Waals surface area contributed by atoms with E-state index in [1.807, 2.05) is 18.2 Å². The number of rotatable bonds is 6. The minimum atomic E-state index is 0.313. The van der Waals surface area contributed by atoms with Gasteiger partial charge in [0.25, 0.3) is 0 Å². The van der Waals surface area contributed by atoms with Gasteiger partial charge in [0.15, 0.2) is 0 Å². The number of ether oxygens (including phenoxy) is 1. The van der Waals surface area contributed by atoms with E-state index in [0.717, 1.165) is 29.4 Å². The third-order valence-corrected chi connectivity index (χ3v) is 2.91. The summed E-state index contributed by atoms with van der Waals surface area (Å²) in [4.78, 5) is 0.